The van der Waals surface area contributed by atoms with Crippen molar-refractivity contribution in [3.8, 4) is 0 Å². The first-order valence-electron chi connectivity index (χ1n) is 9.48. The Morgan fingerprint density at radius 3 is 1.97 bits per heavy atom. The van der Waals surface area contributed by atoms with Crippen molar-refractivity contribution in [2.75, 3.05) is 10.6 Å². The maximum Gasteiger partial charge on any atom is 0.257 e. The molecule has 5 heteroatoms. The van der Waals surface area contributed by atoms with Gasteiger partial charge < -0.3 is 10.6 Å². The number of carbonyl (C=O) groups is 2. The minimum absolute atomic E-state index is 0.297. The van der Waals surface area contributed by atoms with Gasteiger partial charge >= 0.3 is 0 Å². The number of benzene rings is 2. The SMILES string of the molecule is Cc1cc(C)c(NC(=O)c2cncc(C(=O)Nc3cccc(C)c3C)c2)c(C)c1. The number of aryl methyl sites for hydroxylation is 4. The third-order valence-electron chi connectivity index (χ3n) is 5.03. The molecule has 0 fully saturated rings. The Labute approximate surface area is 171 Å². The predicted molar refractivity (Wildman–Crippen MR) is 117 cm³/mol. The third-order valence-corrected chi connectivity index (χ3v) is 5.03. The van der Waals surface area contributed by atoms with Crippen LogP contribution in [0.1, 0.15) is 48.5 Å². The first-order chi connectivity index (χ1) is 13.8. The number of anilines is 2. The van der Waals surface area contributed by atoms with Gasteiger partial charge in [-0.1, -0.05) is 29.8 Å². The molecule has 5 nitrogen and oxygen atoms in total. The summed E-state index contributed by atoms with van der Waals surface area (Å²) < 4.78 is 0. The average Bonchev–Trinajstić information content (AvgIpc) is 2.68. The van der Waals surface area contributed by atoms with E-state index in [0.717, 1.165) is 39.2 Å². The van der Waals surface area contributed by atoms with Gasteiger partial charge in [-0.05, 0) is 69.0 Å². The lowest BCUT2D eigenvalue weighted by molar-refractivity contribution is 0.102. The average molecular weight is 387 g/mol. The van der Waals surface area contributed by atoms with Crippen LogP contribution in [0.25, 0.3) is 0 Å². The van der Waals surface area contributed by atoms with Crippen LogP contribution in [0.15, 0.2) is 48.8 Å². The molecule has 148 valence electrons. The van der Waals surface area contributed by atoms with Gasteiger partial charge in [0.05, 0.1) is 11.1 Å². The van der Waals surface area contributed by atoms with Crippen LogP contribution in [0, 0.1) is 34.6 Å². The molecule has 2 aromatic carbocycles. The van der Waals surface area contributed by atoms with Crippen molar-refractivity contribution >= 4 is 23.2 Å². The van der Waals surface area contributed by atoms with Gasteiger partial charge in [0.15, 0.2) is 0 Å². The summed E-state index contributed by atoms with van der Waals surface area (Å²) in [4.78, 5) is 29.5. The molecule has 0 spiro atoms. The molecule has 1 heterocycles. The lowest BCUT2D eigenvalue weighted by atomic mass is 10.0. The third kappa shape index (κ3) is 4.51. The van der Waals surface area contributed by atoms with E-state index in [-0.39, 0.29) is 11.8 Å². The summed E-state index contributed by atoms with van der Waals surface area (Å²) >= 11 is 0. The number of nitrogens with zero attached hydrogens (tertiary/aromatic N) is 1. The van der Waals surface area contributed by atoms with Crippen molar-refractivity contribution in [1.29, 1.82) is 0 Å². The Morgan fingerprint density at radius 1 is 0.759 bits per heavy atom. The number of aromatic nitrogens is 1. The normalized spacial score (nSPS) is 10.5. The maximum absolute atomic E-state index is 12.8. The van der Waals surface area contributed by atoms with E-state index in [4.69, 9.17) is 0 Å². The van der Waals surface area contributed by atoms with Crippen molar-refractivity contribution < 1.29 is 9.59 Å². The van der Waals surface area contributed by atoms with Crippen LogP contribution in [0.5, 0.6) is 0 Å². The molecule has 0 radical (unpaired) electrons. The lowest BCUT2D eigenvalue weighted by Gasteiger charge is -2.13. The van der Waals surface area contributed by atoms with E-state index in [2.05, 4.69) is 15.6 Å². The van der Waals surface area contributed by atoms with Gasteiger partial charge in [0.2, 0.25) is 0 Å². The Morgan fingerprint density at radius 2 is 1.34 bits per heavy atom. The van der Waals surface area contributed by atoms with Crippen molar-refractivity contribution in [3.05, 3.63) is 87.7 Å². The Balaban J connectivity index is 1.81. The minimum atomic E-state index is -0.302. The molecule has 0 atom stereocenters. The van der Waals surface area contributed by atoms with Gasteiger partial charge in [0, 0.05) is 23.8 Å². The topological polar surface area (TPSA) is 71.1 Å². The molecule has 3 aromatic rings. The lowest BCUT2D eigenvalue weighted by Crippen LogP contribution is -2.17. The van der Waals surface area contributed by atoms with Crippen LogP contribution in [-0.2, 0) is 0 Å². The van der Waals surface area contributed by atoms with E-state index in [0.29, 0.717) is 11.1 Å². The summed E-state index contributed by atoms with van der Waals surface area (Å²) in [6.45, 7) is 9.89. The number of hydrogen-bond donors (Lipinski definition) is 2. The molecular weight excluding hydrogens is 362 g/mol. The second-order valence-electron chi connectivity index (χ2n) is 7.39. The first-order valence-corrected chi connectivity index (χ1v) is 9.48. The molecule has 3 rings (SSSR count). The molecule has 0 bridgehead atoms. The van der Waals surface area contributed by atoms with Gasteiger partial charge in [-0.25, -0.2) is 0 Å². The first kappa shape index (κ1) is 20.3. The van der Waals surface area contributed by atoms with E-state index < -0.39 is 0 Å². The summed E-state index contributed by atoms with van der Waals surface area (Å²) in [5.74, 6) is -0.600. The summed E-state index contributed by atoms with van der Waals surface area (Å²) in [6.07, 6.45) is 2.92. The van der Waals surface area contributed by atoms with Crippen molar-refractivity contribution in [1.82, 2.24) is 4.98 Å². The minimum Gasteiger partial charge on any atom is -0.322 e. The highest BCUT2D eigenvalue weighted by Gasteiger charge is 2.14. The summed E-state index contributed by atoms with van der Waals surface area (Å²) in [5, 5.41) is 5.84. The van der Waals surface area contributed by atoms with Crippen molar-refractivity contribution in [2.24, 2.45) is 0 Å². The molecule has 0 saturated heterocycles. The number of nitrogens with one attached hydrogen (secondary N) is 2. The molecule has 0 aliphatic heterocycles. The van der Waals surface area contributed by atoms with Gasteiger partial charge in [0.25, 0.3) is 11.8 Å². The van der Waals surface area contributed by atoms with E-state index in [1.165, 1.54) is 12.4 Å². The van der Waals surface area contributed by atoms with E-state index in [9.17, 15) is 9.59 Å². The molecule has 29 heavy (non-hydrogen) atoms. The van der Waals surface area contributed by atoms with Gasteiger partial charge in [0.1, 0.15) is 0 Å². The smallest absolute Gasteiger partial charge is 0.257 e. The monoisotopic (exact) mass is 387 g/mol. The van der Waals surface area contributed by atoms with Crippen LogP contribution >= 0.6 is 0 Å². The van der Waals surface area contributed by atoms with Gasteiger partial charge in [-0.15, -0.1) is 0 Å². The fourth-order valence-electron chi connectivity index (χ4n) is 3.33. The van der Waals surface area contributed by atoms with Gasteiger partial charge in [-0.3, -0.25) is 14.6 Å². The summed E-state index contributed by atoms with van der Waals surface area (Å²) in [5.41, 5.74) is 7.42. The highest BCUT2D eigenvalue weighted by atomic mass is 16.2. The Hall–Kier alpha value is -3.47. The summed E-state index contributed by atoms with van der Waals surface area (Å²) in [7, 11) is 0. The standard InChI is InChI=1S/C24H25N3O2/c1-14-9-16(3)22(17(4)10-14)27-24(29)20-11-19(12-25-13-20)23(28)26-21-8-6-7-15(2)18(21)5/h6-13H,1-5H3,(H,26,28)(H,27,29). The fourth-order valence-corrected chi connectivity index (χ4v) is 3.33. The quantitative estimate of drug-likeness (QED) is 0.652. The zero-order valence-electron chi connectivity index (χ0n) is 17.4. The van der Waals surface area contributed by atoms with Crippen LogP contribution in [0.4, 0.5) is 11.4 Å². The second kappa shape index (κ2) is 8.27. The number of pyridine rings is 1. The molecule has 2 amide bonds. The van der Waals surface area contributed by atoms with Crippen LogP contribution in [0.2, 0.25) is 0 Å². The molecule has 0 aliphatic carbocycles. The van der Waals surface area contributed by atoms with E-state index in [1.807, 2.05) is 65.0 Å². The van der Waals surface area contributed by atoms with E-state index in [1.54, 1.807) is 6.07 Å². The molecule has 2 N–H and O–H groups in total. The second-order valence-corrected chi connectivity index (χ2v) is 7.39. The summed E-state index contributed by atoms with van der Waals surface area (Å²) in [6, 6.07) is 11.3. The predicted octanol–water partition coefficient (Wildman–Crippen LogP) is 5.13. The fraction of sp³-hybridized carbons (Fsp3) is 0.208. The molecule has 0 aliphatic rings. The number of amides is 2. The Kier molecular flexibility index (Phi) is 5.78. The van der Waals surface area contributed by atoms with E-state index >= 15 is 0 Å². The zero-order chi connectivity index (χ0) is 21.1. The number of hydrogen-bond acceptors (Lipinski definition) is 3. The highest BCUT2D eigenvalue weighted by Crippen LogP contribution is 2.23. The van der Waals surface area contributed by atoms with Crippen molar-refractivity contribution in [2.45, 2.75) is 34.6 Å². The zero-order valence-corrected chi connectivity index (χ0v) is 17.4. The Bertz CT molecular complexity index is 1080. The van der Waals surface area contributed by atoms with Crippen LogP contribution < -0.4 is 10.6 Å². The number of rotatable bonds is 4. The van der Waals surface area contributed by atoms with Crippen molar-refractivity contribution in [3.63, 3.8) is 0 Å². The largest absolute Gasteiger partial charge is 0.322 e. The maximum atomic E-state index is 12.8. The highest BCUT2D eigenvalue weighted by molar-refractivity contribution is 6.09. The van der Waals surface area contributed by atoms with Crippen LogP contribution in [-0.4, -0.2) is 16.8 Å². The molecule has 1 aromatic heterocycles. The van der Waals surface area contributed by atoms with Crippen LogP contribution in [0.3, 0.4) is 0 Å². The molecule has 0 unspecified atom stereocenters. The molecular formula is C24H25N3O2. The number of carbonyl (C=O) groups excluding carboxylic acids is 2. The molecule has 0 saturated carbocycles. The van der Waals surface area contributed by atoms with Gasteiger partial charge in [-0.2, -0.15) is 0 Å².